The standard InChI is InChI=1S/C13H22N2O2S/c1-4-7-11(2)15(3)18(16,17)10-12-8-5-6-9-13(12)14/h5-6,8-9,11H,4,7,10,14H2,1-3H3. The molecule has 0 saturated carbocycles. The number of anilines is 1. The second-order valence-electron chi connectivity index (χ2n) is 4.61. The molecule has 0 saturated heterocycles. The van der Waals surface area contributed by atoms with Gasteiger partial charge in [-0.1, -0.05) is 31.5 Å². The van der Waals surface area contributed by atoms with Crippen LogP contribution in [0.1, 0.15) is 32.3 Å². The van der Waals surface area contributed by atoms with Crippen molar-refractivity contribution >= 4 is 15.7 Å². The molecule has 0 heterocycles. The van der Waals surface area contributed by atoms with Gasteiger partial charge in [0.1, 0.15) is 0 Å². The summed E-state index contributed by atoms with van der Waals surface area (Å²) in [7, 11) is -1.67. The number of benzene rings is 1. The van der Waals surface area contributed by atoms with Crippen LogP contribution in [0.15, 0.2) is 24.3 Å². The molecule has 0 aliphatic carbocycles. The Labute approximate surface area is 110 Å². The zero-order valence-corrected chi connectivity index (χ0v) is 12.1. The highest BCUT2D eigenvalue weighted by Gasteiger charge is 2.23. The van der Waals surface area contributed by atoms with Crippen molar-refractivity contribution in [2.24, 2.45) is 0 Å². The van der Waals surface area contributed by atoms with Gasteiger partial charge in [-0.25, -0.2) is 12.7 Å². The SMILES string of the molecule is CCCC(C)N(C)S(=O)(=O)Cc1ccccc1N. The third kappa shape index (κ3) is 3.71. The van der Waals surface area contributed by atoms with Crippen molar-refractivity contribution in [1.82, 2.24) is 4.31 Å². The minimum Gasteiger partial charge on any atom is -0.398 e. The highest BCUT2D eigenvalue weighted by Crippen LogP contribution is 2.18. The molecule has 0 bridgehead atoms. The minimum absolute atomic E-state index is 0.0185. The van der Waals surface area contributed by atoms with E-state index in [2.05, 4.69) is 0 Å². The van der Waals surface area contributed by atoms with E-state index in [0.717, 1.165) is 12.8 Å². The van der Waals surface area contributed by atoms with E-state index in [1.807, 2.05) is 13.8 Å². The molecule has 0 aromatic heterocycles. The van der Waals surface area contributed by atoms with E-state index < -0.39 is 10.0 Å². The molecule has 1 atom stereocenters. The van der Waals surface area contributed by atoms with Crippen molar-refractivity contribution in [3.8, 4) is 0 Å². The molecule has 2 N–H and O–H groups in total. The lowest BCUT2D eigenvalue weighted by Crippen LogP contribution is -2.35. The molecule has 0 aliphatic rings. The summed E-state index contributed by atoms with van der Waals surface area (Å²) in [6.07, 6.45) is 1.83. The van der Waals surface area contributed by atoms with Gasteiger partial charge in [-0.3, -0.25) is 0 Å². The van der Waals surface area contributed by atoms with Crippen LogP contribution in [0.5, 0.6) is 0 Å². The summed E-state index contributed by atoms with van der Waals surface area (Å²) in [6, 6.07) is 7.10. The van der Waals surface area contributed by atoms with Crippen LogP contribution in [0.2, 0.25) is 0 Å². The predicted molar refractivity (Wildman–Crippen MR) is 75.6 cm³/mol. The van der Waals surface area contributed by atoms with Crippen molar-refractivity contribution in [2.45, 2.75) is 38.5 Å². The first kappa shape index (κ1) is 15.0. The zero-order valence-electron chi connectivity index (χ0n) is 11.3. The van der Waals surface area contributed by atoms with Crippen LogP contribution in [-0.4, -0.2) is 25.8 Å². The molecule has 1 unspecified atom stereocenters. The lowest BCUT2D eigenvalue weighted by molar-refractivity contribution is 0.368. The number of hydrogen-bond acceptors (Lipinski definition) is 3. The number of nitrogen functional groups attached to an aromatic ring is 1. The van der Waals surface area contributed by atoms with Gasteiger partial charge in [0.2, 0.25) is 10.0 Å². The summed E-state index contributed by atoms with van der Waals surface area (Å²) >= 11 is 0. The van der Waals surface area contributed by atoms with Gasteiger partial charge in [-0.15, -0.1) is 0 Å². The molecule has 0 spiro atoms. The Kier molecular flexibility index (Phi) is 5.16. The van der Waals surface area contributed by atoms with Gasteiger partial charge in [0.05, 0.1) is 5.75 Å². The third-order valence-electron chi connectivity index (χ3n) is 3.16. The van der Waals surface area contributed by atoms with Gasteiger partial charge in [0, 0.05) is 18.8 Å². The van der Waals surface area contributed by atoms with Crippen molar-refractivity contribution in [2.75, 3.05) is 12.8 Å². The molecule has 0 amide bonds. The van der Waals surface area contributed by atoms with E-state index in [9.17, 15) is 8.42 Å². The second kappa shape index (κ2) is 6.20. The summed E-state index contributed by atoms with van der Waals surface area (Å²) in [5.74, 6) is -0.0375. The van der Waals surface area contributed by atoms with E-state index >= 15 is 0 Å². The lowest BCUT2D eigenvalue weighted by Gasteiger charge is -2.24. The van der Waals surface area contributed by atoms with Gasteiger partial charge < -0.3 is 5.73 Å². The fourth-order valence-electron chi connectivity index (χ4n) is 1.84. The average Bonchev–Trinajstić information content (AvgIpc) is 2.31. The Morgan fingerprint density at radius 2 is 1.94 bits per heavy atom. The summed E-state index contributed by atoms with van der Waals surface area (Å²) in [6.45, 7) is 3.97. The predicted octanol–water partition coefficient (Wildman–Crippen LogP) is 2.22. The fourth-order valence-corrected chi connectivity index (χ4v) is 3.35. The maximum Gasteiger partial charge on any atom is 0.218 e. The zero-order chi connectivity index (χ0) is 13.8. The van der Waals surface area contributed by atoms with Gasteiger partial charge >= 0.3 is 0 Å². The van der Waals surface area contributed by atoms with Crippen LogP contribution >= 0.6 is 0 Å². The Morgan fingerprint density at radius 3 is 2.50 bits per heavy atom. The first-order chi connectivity index (χ1) is 8.38. The monoisotopic (exact) mass is 270 g/mol. The second-order valence-corrected chi connectivity index (χ2v) is 6.64. The maximum absolute atomic E-state index is 12.2. The van der Waals surface area contributed by atoms with Crippen LogP contribution in [0, 0.1) is 0 Å². The molecule has 1 rings (SSSR count). The Balaban J connectivity index is 2.85. The number of rotatable bonds is 6. The smallest absolute Gasteiger partial charge is 0.218 e. The number of nitrogens with zero attached hydrogens (tertiary/aromatic N) is 1. The summed E-state index contributed by atoms with van der Waals surface area (Å²) in [4.78, 5) is 0. The first-order valence-electron chi connectivity index (χ1n) is 6.17. The first-order valence-corrected chi connectivity index (χ1v) is 7.78. The summed E-state index contributed by atoms with van der Waals surface area (Å²) in [5.41, 5.74) is 6.97. The Morgan fingerprint density at radius 1 is 1.33 bits per heavy atom. The fraction of sp³-hybridized carbons (Fsp3) is 0.538. The largest absolute Gasteiger partial charge is 0.398 e. The van der Waals surface area contributed by atoms with E-state index in [4.69, 9.17) is 5.73 Å². The van der Waals surface area contributed by atoms with Crippen molar-refractivity contribution < 1.29 is 8.42 Å². The lowest BCUT2D eigenvalue weighted by atomic mass is 10.2. The van der Waals surface area contributed by atoms with Gasteiger partial charge in [0.25, 0.3) is 0 Å². The Bertz CT molecular complexity index is 486. The highest BCUT2D eigenvalue weighted by molar-refractivity contribution is 7.88. The molecule has 5 heteroatoms. The molecular weight excluding hydrogens is 248 g/mol. The number of sulfonamides is 1. The number of hydrogen-bond donors (Lipinski definition) is 1. The van der Waals surface area contributed by atoms with Crippen molar-refractivity contribution in [3.63, 3.8) is 0 Å². The van der Waals surface area contributed by atoms with Crippen LogP contribution in [0.4, 0.5) is 5.69 Å². The number of para-hydroxylation sites is 1. The van der Waals surface area contributed by atoms with E-state index in [0.29, 0.717) is 11.3 Å². The summed E-state index contributed by atoms with van der Waals surface area (Å²) < 4.78 is 25.9. The van der Waals surface area contributed by atoms with E-state index in [1.165, 1.54) is 4.31 Å². The van der Waals surface area contributed by atoms with Crippen molar-refractivity contribution in [3.05, 3.63) is 29.8 Å². The topological polar surface area (TPSA) is 63.4 Å². The molecule has 4 nitrogen and oxygen atoms in total. The van der Waals surface area contributed by atoms with Gasteiger partial charge in [-0.2, -0.15) is 0 Å². The average molecular weight is 270 g/mol. The molecule has 1 aromatic carbocycles. The van der Waals surface area contributed by atoms with Gasteiger partial charge in [-0.05, 0) is 25.0 Å². The van der Waals surface area contributed by atoms with Crippen LogP contribution in [0.3, 0.4) is 0 Å². The van der Waals surface area contributed by atoms with E-state index in [-0.39, 0.29) is 11.8 Å². The van der Waals surface area contributed by atoms with E-state index in [1.54, 1.807) is 31.3 Å². The quantitative estimate of drug-likeness (QED) is 0.806. The third-order valence-corrected chi connectivity index (χ3v) is 5.07. The normalized spacial score (nSPS) is 13.8. The van der Waals surface area contributed by atoms with Crippen molar-refractivity contribution in [1.29, 1.82) is 0 Å². The van der Waals surface area contributed by atoms with Gasteiger partial charge in [0.15, 0.2) is 0 Å². The molecule has 1 aromatic rings. The molecular formula is C13H22N2O2S. The molecule has 0 fully saturated rings. The molecule has 0 radical (unpaired) electrons. The molecule has 18 heavy (non-hydrogen) atoms. The van der Waals surface area contributed by atoms with Crippen LogP contribution in [-0.2, 0) is 15.8 Å². The number of nitrogens with two attached hydrogens (primary N) is 1. The highest BCUT2D eigenvalue weighted by atomic mass is 32.2. The van der Waals surface area contributed by atoms with Crippen LogP contribution < -0.4 is 5.73 Å². The van der Waals surface area contributed by atoms with Crippen LogP contribution in [0.25, 0.3) is 0 Å². The minimum atomic E-state index is -3.30. The molecule has 0 aliphatic heterocycles. The summed E-state index contributed by atoms with van der Waals surface area (Å²) in [5, 5.41) is 0. The molecule has 102 valence electrons. The maximum atomic E-state index is 12.2. The Hall–Kier alpha value is -1.07.